The van der Waals surface area contributed by atoms with Crippen molar-refractivity contribution in [2.75, 3.05) is 32.7 Å². The Hall–Kier alpha value is -0.580. The number of hydrogen-bond acceptors (Lipinski definition) is 3. The molecule has 0 aliphatic carbocycles. The lowest BCUT2D eigenvalue weighted by Crippen LogP contribution is -2.45. The molecule has 3 atom stereocenters. The maximum absolute atomic E-state index is 4.21. The van der Waals surface area contributed by atoms with Crippen molar-refractivity contribution in [1.29, 1.82) is 0 Å². The van der Waals surface area contributed by atoms with Gasteiger partial charge in [-0.2, -0.15) is 0 Å². The fraction of sp³-hybridized carbons (Fsp3) is 0.800. The summed E-state index contributed by atoms with van der Waals surface area (Å²) < 4.78 is 2.30. The van der Waals surface area contributed by atoms with Crippen LogP contribution in [0.2, 0.25) is 0 Å². The predicted molar refractivity (Wildman–Crippen MR) is 84.3 cm³/mol. The Labute approximate surface area is 128 Å². The lowest BCUT2D eigenvalue weighted by atomic mass is 9.86. The van der Waals surface area contributed by atoms with Gasteiger partial charge in [-0.15, -0.1) is 12.4 Å². The average Bonchev–Trinajstić information content (AvgIpc) is 3.03. The van der Waals surface area contributed by atoms with Gasteiger partial charge in [-0.05, 0) is 37.3 Å². The summed E-state index contributed by atoms with van der Waals surface area (Å²) in [5.74, 6) is 0.750. The number of nitrogens with one attached hydrogen (secondary N) is 1. The fourth-order valence-electron chi connectivity index (χ4n) is 3.66. The third kappa shape index (κ3) is 3.35. The number of piperidine rings is 1. The molecule has 0 spiro atoms. The molecule has 2 saturated heterocycles. The Morgan fingerprint density at radius 1 is 1.45 bits per heavy atom. The van der Waals surface area contributed by atoms with Crippen LogP contribution in [0.4, 0.5) is 0 Å². The molecule has 3 unspecified atom stereocenters. The van der Waals surface area contributed by atoms with Crippen molar-refractivity contribution in [1.82, 2.24) is 19.8 Å². The van der Waals surface area contributed by atoms with E-state index in [4.69, 9.17) is 0 Å². The number of aromatic nitrogens is 2. The highest BCUT2D eigenvalue weighted by Gasteiger charge is 2.34. The van der Waals surface area contributed by atoms with Gasteiger partial charge in [-0.1, -0.05) is 13.8 Å². The SMILES string of the molecule is CC1CCN(CC2(C)CCNC2)CC1n1ccnc1.Cl. The molecule has 0 amide bonds. The van der Waals surface area contributed by atoms with Crippen molar-refractivity contribution in [2.24, 2.45) is 11.3 Å². The summed E-state index contributed by atoms with van der Waals surface area (Å²) in [6.45, 7) is 10.8. The molecule has 5 heteroatoms. The number of halogens is 1. The molecular weight excluding hydrogens is 272 g/mol. The topological polar surface area (TPSA) is 33.1 Å². The van der Waals surface area contributed by atoms with Crippen LogP contribution in [0.25, 0.3) is 0 Å². The van der Waals surface area contributed by atoms with E-state index in [1.165, 1.54) is 45.6 Å². The zero-order valence-corrected chi connectivity index (χ0v) is 13.4. The number of imidazole rings is 1. The molecule has 2 aliphatic rings. The molecule has 0 saturated carbocycles. The summed E-state index contributed by atoms with van der Waals surface area (Å²) in [7, 11) is 0. The Kier molecular flexibility index (Phi) is 5.10. The van der Waals surface area contributed by atoms with Crippen LogP contribution in [0.15, 0.2) is 18.7 Å². The summed E-state index contributed by atoms with van der Waals surface area (Å²) in [5, 5.41) is 3.51. The van der Waals surface area contributed by atoms with Crippen molar-refractivity contribution in [3.8, 4) is 0 Å². The molecule has 1 aromatic rings. The predicted octanol–water partition coefficient (Wildman–Crippen LogP) is 2.19. The average molecular weight is 299 g/mol. The molecule has 1 N–H and O–H groups in total. The van der Waals surface area contributed by atoms with Crippen LogP contribution in [-0.4, -0.2) is 47.2 Å². The van der Waals surface area contributed by atoms with E-state index in [0.29, 0.717) is 11.5 Å². The minimum absolute atomic E-state index is 0. The van der Waals surface area contributed by atoms with E-state index >= 15 is 0 Å². The normalized spacial score (nSPS) is 34.9. The largest absolute Gasteiger partial charge is 0.333 e. The Morgan fingerprint density at radius 2 is 2.30 bits per heavy atom. The molecule has 0 aromatic carbocycles. The molecular formula is C15H27ClN4. The minimum Gasteiger partial charge on any atom is -0.333 e. The first-order chi connectivity index (χ1) is 9.16. The van der Waals surface area contributed by atoms with Gasteiger partial charge in [0.2, 0.25) is 0 Å². The summed E-state index contributed by atoms with van der Waals surface area (Å²) in [4.78, 5) is 6.87. The second-order valence-electron chi connectivity index (χ2n) is 6.82. The third-order valence-corrected chi connectivity index (χ3v) is 4.97. The highest BCUT2D eigenvalue weighted by Crippen LogP contribution is 2.31. The van der Waals surface area contributed by atoms with Gasteiger partial charge >= 0.3 is 0 Å². The second kappa shape index (κ2) is 6.46. The van der Waals surface area contributed by atoms with Gasteiger partial charge in [-0.3, -0.25) is 0 Å². The van der Waals surface area contributed by atoms with Crippen LogP contribution in [0.5, 0.6) is 0 Å². The molecule has 20 heavy (non-hydrogen) atoms. The zero-order valence-electron chi connectivity index (χ0n) is 12.6. The third-order valence-electron chi connectivity index (χ3n) is 4.97. The number of likely N-dealkylation sites (tertiary alicyclic amines) is 1. The van der Waals surface area contributed by atoms with Crippen molar-refractivity contribution in [3.05, 3.63) is 18.7 Å². The Bertz CT molecular complexity index is 400. The first-order valence-corrected chi connectivity index (χ1v) is 7.57. The summed E-state index contributed by atoms with van der Waals surface area (Å²) >= 11 is 0. The molecule has 2 fully saturated rings. The standard InChI is InChI=1S/C15H26N4.ClH/c1-13-3-7-18(11-15(2)4-5-16-10-15)9-14(13)19-8-6-17-12-19;/h6,8,12-14,16H,3-5,7,9-11H2,1-2H3;1H. The van der Waals surface area contributed by atoms with Crippen molar-refractivity contribution in [3.63, 3.8) is 0 Å². The maximum atomic E-state index is 4.21. The highest BCUT2D eigenvalue weighted by atomic mass is 35.5. The first kappa shape index (κ1) is 15.8. The molecule has 114 valence electrons. The summed E-state index contributed by atoms with van der Waals surface area (Å²) in [6, 6.07) is 0.592. The second-order valence-corrected chi connectivity index (χ2v) is 6.82. The summed E-state index contributed by atoms with van der Waals surface area (Å²) in [6.07, 6.45) is 8.60. The van der Waals surface area contributed by atoms with Crippen LogP contribution < -0.4 is 5.32 Å². The van der Waals surface area contributed by atoms with Crippen molar-refractivity contribution >= 4 is 12.4 Å². The number of hydrogen-bond donors (Lipinski definition) is 1. The molecule has 4 nitrogen and oxygen atoms in total. The molecule has 3 rings (SSSR count). The Balaban J connectivity index is 0.00000147. The molecule has 3 heterocycles. The smallest absolute Gasteiger partial charge is 0.0949 e. The van der Waals surface area contributed by atoms with Crippen LogP contribution in [0.3, 0.4) is 0 Å². The van der Waals surface area contributed by atoms with Crippen LogP contribution in [-0.2, 0) is 0 Å². The van der Waals surface area contributed by atoms with E-state index < -0.39 is 0 Å². The zero-order chi connectivity index (χ0) is 13.3. The van der Waals surface area contributed by atoms with Crippen LogP contribution >= 0.6 is 12.4 Å². The van der Waals surface area contributed by atoms with Gasteiger partial charge < -0.3 is 14.8 Å². The van der Waals surface area contributed by atoms with Crippen molar-refractivity contribution < 1.29 is 0 Å². The van der Waals surface area contributed by atoms with Gasteiger partial charge in [0.15, 0.2) is 0 Å². The molecule has 0 radical (unpaired) electrons. The van der Waals surface area contributed by atoms with E-state index in [-0.39, 0.29) is 12.4 Å². The number of nitrogens with zero attached hydrogens (tertiary/aromatic N) is 3. The van der Waals surface area contributed by atoms with Gasteiger partial charge in [0, 0.05) is 38.1 Å². The van der Waals surface area contributed by atoms with E-state index in [9.17, 15) is 0 Å². The maximum Gasteiger partial charge on any atom is 0.0949 e. The minimum atomic E-state index is 0. The van der Waals surface area contributed by atoms with Crippen molar-refractivity contribution in [2.45, 2.75) is 32.7 Å². The van der Waals surface area contributed by atoms with E-state index in [2.05, 4.69) is 39.8 Å². The van der Waals surface area contributed by atoms with Gasteiger partial charge in [0.1, 0.15) is 0 Å². The molecule has 1 aromatic heterocycles. The number of rotatable bonds is 3. The lowest BCUT2D eigenvalue weighted by Gasteiger charge is -2.41. The Morgan fingerprint density at radius 3 is 2.95 bits per heavy atom. The summed E-state index contributed by atoms with van der Waals surface area (Å²) in [5.41, 5.74) is 0.472. The lowest BCUT2D eigenvalue weighted by molar-refractivity contribution is 0.0934. The van der Waals surface area contributed by atoms with E-state index in [1.807, 2.05) is 12.5 Å². The van der Waals surface area contributed by atoms with Crippen LogP contribution in [0.1, 0.15) is 32.7 Å². The van der Waals surface area contributed by atoms with Crippen LogP contribution in [0, 0.1) is 11.3 Å². The van der Waals surface area contributed by atoms with E-state index in [0.717, 1.165) is 5.92 Å². The van der Waals surface area contributed by atoms with Gasteiger partial charge in [0.05, 0.1) is 6.33 Å². The van der Waals surface area contributed by atoms with Gasteiger partial charge in [0.25, 0.3) is 0 Å². The quantitative estimate of drug-likeness (QED) is 0.928. The molecule has 0 bridgehead atoms. The van der Waals surface area contributed by atoms with E-state index in [1.54, 1.807) is 0 Å². The monoisotopic (exact) mass is 298 g/mol. The molecule has 2 aliphatic heterocycles. The fourth-order valence-corrected chi connectivity index (χ4v) is 3.66. The highest BCUT2D eigenvalue weighted by molar-refractivity contribution is 5.85. The first-order valence-electron chi connectivity index (χ1n) is 7.57. The van der Waals surface area contributed by atoms with Gasteiger partial charge in [-0.25, -0.2) is 4.98 Å².